The second-order valence-electron chi connectivity index (χ2n) is 6.95. The number of amides is 1. The van der Waals surface area contributed by atoms with Crippen LogP contribution in [0.4, 0.5) is 4.79 Å². The van der Waals surface area contributed by atoms with Crippen LogP contribution in [-0.4, -0.2) is 36.5 Å². The summed E-state index contributed by atoms with van der Waals surface area (Å²) in [5.41, 5.74) is 0.573. The molecule has 0 radical (unpaired) electrons. The summed E-state index contributed by atoms with van der Waals surface area (Å²) >= 11 is 0. The Morgan fingerprint density at radius 2 is 2.22 bits per heavy atom. The molecule has 0 bridgehead atoms. The fourth-order valence-corrected chi connectivity index (χ4v) is 2.73. The largest absolute Gasteiger partial charge is 0.472 e. The van der Waals surface area contributed by atoms with Gasteiger partial charge in [0.25, 0.3) is 0 Å². The lowest BCUT2D eigenvalue weighted by Gasteiger charge is -2.46. The highest BCUT2D eigenvalue weighted by Gasteiger charge is 2.43. The molecule has 0 saturated heterocycles. The van der Waals surface area contributed by atoms with Gasteiger partial charge < -0.3 is 24.5 Å². The molecule has 6 heteroatoms. The van der Waals surface area contributed by atoms with Crippen LogP contribution in [0.15, 0.2) is 23.0 Å². The average Bonchev–Trinajstić information content (AvgIpc) is 2.95. The second-order valence-corrected chi connectivity index (χ2v) is 6.95. The van der Waals surface area contributed by atoms with E-state index in [4.69, 9.17) is 13.9 Å². The van der Waals surface area contributed by atoms with E-state index in [1.807, 2.05) is 33.8 Å². The van der Waals surface area contributed by atoms with Crippen LogP contribution in [0.2, 0.25) is 0 Å². The van der Waals surface area contributed by atoms with Crippen molar-refractivity contribution in [2.45, 2.75) is 70.9 Å². The van der Waals surface area contributed by atoms with Crippen LogP contribution >= 0.6 is 0 Å². The monoisotopic (exact) mass is 324 g/mol. The molecule has 1 aliphatic rings. The third-order valence-electron chi connectivity index (χ3n) is 3.89. The van der Waals surface area contributed by atoms with Gasteiger partial charge in [0, 0.05) is 18.2 Å². The van der Waals surface area contributed by atoms with Gasteiger partial charge in [-0.25, -0.2) is 4.79 Å². The first-order valence-corrected chi connectivity index (χ1v) is 8.19. The van der Waals surface area contributed by atoms with Crippen molar-refractivity contribution < 1.29 is 18.7 Å². The first-order valence-electron chi connectivity index (χ1n) is 8.19. The number of furan rings is 1. The Morgan fingerprint density at radius 1 is 1.48 bits per heavy atom. The molecule has 23 heavy (non-hydrogen) atoms. The maximum Gasteiger partial charge on any atom is 0.407 e. The third kappa shape index (κ3) is 4.97. The summed E-state index contributed by atoms with van der Waals surface area (Å²) in [5.74, 6) is 0. The molecule has 1 aromatic rings. The molecule has 2 rings (SSSR count). The van der Waals surface area contributed by atoms with E-state index in [1.54, 1.807) is 12.5 Å². The lowest BCUT2D eigenvalue weighted by atomic mass is 9.82. The van der Waals surface area contributed by atoms with Crippen LogP contribution < -0.4 is 10.6 Å². The van der Waals surface area contributed by atoms with E-state index in [2.05, 4.69) is 17.6 Å². The zero-order chi connectivity index (χ0) is 17.0. The Balaban J connectivity index is 1.93. The molecule has 1 aromatic heterocycles. The summed E-state index contributed by atoms with van der Waals surface area (Å²) in [6.45, 7) is 10.3. The normalized spacial score (nSPS) is 25.5. The average molecular weight is 324 g/mol. The standard InChI is InChI=1S/C17H28N2O4/c1-6-22-14-9-13(19-16(20)23-17(3,4)5)15(14)18-11(2)12-7-8-21-10-12/h7-8,10-11,13-15,18H,6,9H2,1-5H3,(H,19,20). The van der Waals surface area contributed by atoms with Crippen molar-refractivity contribution in [2.24, 2.45) is 0 Å². The molecule has 130 valence electrons. The molecule has 0 spiro atoms. The van der Waals surface area contributed by atoms with Crippen LogP contribution in [0.3, 0.4) is 0 Å². The van der Waals surface area contributed by atoms with Gasteiger partial charge in [0.2, 0.25) is 0 Å². The highest BCUT2D eigenvalue weighted by Crippen LogP contribution is 2.28. The van der Waals surface area contributed by atoms with Crippen LogP contribution in [0.5, 0.6) is 0 Å². The summed E-state index contributed by atoms with van der Waals surface area (Å²) in [4.78, 5) is 12.0. The Bertz CT molecular complexity index is 495. The summed E-state index contributed by atoms with van der Waals surface area (Å²) in [7, 11) is 0. The van der Waals surface area contributed by atoms with Crippen LogP contribution in [-0.2, 0) is 9.47 Å². The molecular formula is C17H28N2O4. The molecule has 1 amide bonds. The zero-order valence-corrected chi connectivity index (χ0v) is 14.6. The number of rotatable bonds is 6. The van der Waals surface area contributed by atoms with E-state index in [9.17, 15) is 4.79 Å². The molecule has 2 N–H and O–H groups in total. The van der Waals surface area contributed by atoms with Gasteiger partial charge in [0.1, 0.15) is 5.60 Å². The highest BCUT2D eigenvalue weighted by atomic mass is 16.6. The number of nitrogens with one attached hydrogen (secondary N) is 2. The van der Waals surface area contributed by atoms with E-state index in [-0.39, 0.29) is 30.3 Å². The van der Waals surface area contributed by atoms with E-state index in [0.29, 0.717) is 6.61 Å². The van der Waals surface area contributed by atoms with Crippen LogP contribution in [0.25, 0.3) is 0 Å². The van der Waals surface area contributed by atoms with Crippen molar-refractivity contribution in [2.75, 3.05) is 6.61 Å². The number of carbonyl (C=O) groups is 1. The molecule has 1 aliphatic carbocycles. The minimum atomic E-state index is -0.500. The van der Waals surface area contributed by atoms with Crippen molar-refractivity contribution in [3.05, 3.63) is 24.2 Å². The van der Waals surface area contributed by atoms with Gasteiger partial charge in [-0.1, -0.05) is 0 Å². The maximum absolute atomic E-state index is 12.0. The fourth-order valence-electron chi connectivity index (χ4n) is 2.73. The van der Waals surface area contributed by atoms with Crippen molar-refractivity contribution >= 4 is 6.09 Å². The quantitative estimate of drug-likeness (QED) is 0.841. The zero-order valence-electron chi connectivity index (χ0n) is 14.6. The molecule has 4 atom stereocenters. The predicted molar refractivity (Wildman–Crippen MR) is 87.2 cm³/mol. The summed E-state index contributed by atoms with van der Waals surface area (Å²) in [5, 5.41) is 6.45. The number of hydrogen-bond acceptors (Lipinski definition) is 5. The smallest absolute Gasteiger partial charge is 0.407 e. The minimum Gasteiger partial charge on any atom is -0.472 e. The molecule has 0 aliphatic heterocycles. The van der Waals surface area contributed by atoms with Gasteiger partial charge in [-0.15, -0.1) is 0 Å². The predicted octanol–water partition coefficient (Wildman–Crippen LogP) is 3.00. The van der Waals surface area contributed by atoms with E-state index < -0.39 is 5.60 Å². The lowest BCUT2D eigenvalue weighted by molar-refractivity contribution is -0.0462. The Morgan fingerprint density at radius 3 is 2.78 bits per heavy atom. The van der Waals surface area contributed by atoms with Gasteiger partial charge in [0.05, 0.1) is 30.7 Å². The Hall–Kier alpha value is -1.53. The highest BCUT2D eigenvalue weighted by molar-refractivity contribution is 5.68. The summed E-state index contributed by atoms with van der Waals surface area (Å²) in [6, 6.07) is 2.09. The molecule has 6 nitrogen and oxygen atoms in total. The molecular weight excluding hydrogens is 296 g/mol. The third-order valence-corrected chi connectivity index (χ3v) is 3.89. The molecule has 0 aromatic carbocycles. The van der Waals surface area contributed by atoms with Crippen molar-refractivity contribution in [3.63, 3.8) is 0 Å². The minimum absolute atomic E-state index is 0.00393. The fraction of sp³-hybridized carbons (Fsp3) is 0.706. The Labute approximate surface area is 137 Å². The van der Waals surface area contributed by atoms with E-state index in [1.165, 1.54) is 0 Å². The van der Waals surface area contributed by atoms with Gasteiger partial charge in [-0.3, -0.25) is 0 Å². The first kappa shape index (κ1) is 17.8. The van der Waals surface area contributed by atoms with Crippen LogP contribution in [0, 0.1) is 0 Å². The first-order chi connectivity index (χ1) is 10.8. The topological polar surface area (TPSA) is 72.7 Å². The number of carbonyl (C=O) groups excluding carboxylic acids is 1. The molecule has 4 unspecified atom stereocenters. The Kier molecular flexibility index (Phi) is 5.70. The summed E-state index contributed by atoms with van der Waals surface area (Å²) in [6.07, 6.45) is 3.87. The van der Waals surface area contributed by atoms with Crippen molar-refractivity contribution in [1.29, 1.82) is 0 Å². The van der Waals surface area contributed by atoms with Crippen molar-refractivity contribution in [3.8, 4) is 0 Å². The number of alkyl carbamates (subject to hydrolysis) is 1. The molecule has 1 fully saturated rings. The lowest BCUT2D eigenvalue weighted by Crippen LogP contribution is -2.66. The second kappa shape index (κ2) is 7.36. The molecule has 1 heterocycles. The van der Waals surface area contributed by atoms with Gasteiger partial charge in [-0.05, 0) is 47.1 Å². The number of ether oxygens (including phenoxy) is 2. The van der Waals surface area contributed by atoms with Crippen molar-refractivity contribution in [1.82, 2.24) is 10.6 Å². The summed E-state index contributed by atoms with van der Waals surface area (Å²) < 4.78 is 16.2. The van der Waals surface area contributed by atoms with Gasteiger partial charge in [-0.2, -0.15) is 0 Å². The van der Waals surface area contributed by atoms with E-state index >= 15 is 0 Å². The molecule has 1 saturated carbocycles. The van der Waals surface area contributed by atoms with Gasteiger partial charge >= 0.3 is 6.09 Å². The SMILES string of the molecule is CCOC1CC(NC(=O)OC(C)(C)C)C1NC(C)c1ccoc1. The van der Waals surface area contributed by atoms with Crippen LogP contribution in [0.1, 0.15) is 52.6 Å². The maximum atomic E-state index is 12.0. The number of hydrogen-bond donors (Lipinski definition) is 2. The van der Waals surface area contributed by atoms with Gasteiger partial charge in [0.15, 0.2) is 0 Å². The van der Waals surface area contributed by atoms with E-state index in [0.717, 1.165) is 12.0 Å².